The third-order valence-electron chi connectivity index (χ3n) is 2.97. The second-order valence-corrected chi connectivity index (χ2v) is 4.48. The van der Waals surface area contributed by atoms with Crippen LogP contribution in [0.4, 0.5) is 0 Å². The minimum Gasteiger partial charge on any atom is -0.492 e. The highest BCUT2D eigenvalue weighted by Gasteiger charge is 2.11. The molecule has 0 radical (unpaired) electrons. The van der Waals surface area contributed by atoms with Crippen molar-refractivity contribution in [3.8, 4) is 5.75 Å². The number of aromatic nitrogens is 1. The van der Waals surface area contributed by atoms with E-state index in [9.17, 15) is 4.79 Å². The molecule has 0 saturated carbocycles. The molecule has 0 aliphatic carbocycles. The summed E-state index contributed by atoms with van der Waals surface area (Å²) >= 11 is 0. The molecule has 0 fully saturated rings. The molecule has 6 heteroatoms. The fourth-order valence-corrected chi connectivity index (χ4v) is 1.86. The zero-order valence-corrected chi connectivity index (χ0v) is 11.2. The highest BCUT2D eigenvalue weighted by molar-refractivity contribution is 6.58. The van der Waals surface area contributed by atoms with E-state index in [1.165, 1.54) is 0 Å². The molecule has 20 heavy (non-hydrogen) atoms. The Bertz CT molecular complexity index is 639. The normalized spacial score (nSPS) is 10.3. The lowest BCUT2D eigenvalue weighted by molar-refractivity contribution is 0.296. The van der Waals surface area contributed by atoms with Gasteiger partial charge in [0, 0.05) is 11.8 Å². The Labute approximate surface area is 117 Å². The number of nitrogens with zero attached hydrogens (tertiary/aromatic N) is 1. The molecule has 1 aromatic carbocycles. The predicted molar refractivity (Wildman–Crippen MR) is 77.2 cm³/mol. The Morgan fingerprint density at radius 2 is 2.05 bits per heavy atom. The van der Waals surface area contributed by atoms with Gasteiger partial charge in [0.05, 0.1) is 6.54 Å². The Balaban J connectivity index is 1.98. The van der Waals surface area contributed by atoms with Crippen LogP contribution in [0.3, 0.4) is 0 Å². The van der Waals surface area contributed by atoms with Gasteiger partial charge in [-0.15, -0.1) is 0 Å². The molecule has 2 aromatic rings. The Kier molecular flexibility index (Phi) is 4.60. The van der Waals surface area contributed by atoms with Crippen LogP contribution in [0.1, 0.15) is 5.56 Å². The molecular weight excluding hydrogens is 257 g/mol. The van der Waals surface area contributed by atoms with E-state index >= 15 is 0 Å². The third kappa shape index (κ3) is 3.49. The molecule has 104 valence electrons. The van der Waals surface area contributed by atoms with Crippen LogP contribution in [0.25, 0.3) is 0 Å². The van der Waals surface area contributed by atoms with Crippen molar-refractivity contribution in [2.45, 2.75) is 13.5 Å². The summed E-state index contributed by atoms with van der Waals surface area (Å²) in [6, 6.07) is 10.2. The van der Waals surface area contributed by atoms with Gasteiger partial charge in [-0.3, -0.25) is 4.79 Å². The van der Waals surface area contributed by atoms with Crippen LogP contribution in [0, 0.1) is 6.92 Å². The summed E-state index contributed by atoms with van der Waals surface area (Å²) in [7, 11) is -1.52. The van der Waals surface area contributed by atoms with E-state index in [0.717, 1.165) is 0 Å². The first kappa shape index (κ1) is 14.4. The standard InChI is InChI=1S/C14H16BNO4/c1-11-4-3-7-16(14(11)17)8-9-20-13-6-2-5-12(10-13)15(18)19/h2-7,10,18-19H,8-9H2,1H3. The van der Waals surface area contributed by atoms with Crippen LogP contribution in [0.15, 0.2) is 47.4 Å². The summed E-state index contributed by atoms with van der Waals surface area (Å²) < 4.78 is 7.10. The molecule has 0 aliphatic heterocycles. The van der Waals surface area contributed by atoms with E-state index < -0.39 is 7.12 Å². The van der Waals surface area contributed by atoms with E-state index in [-0.39, 0.29) is 5.56 Å². The summed E-state index contributed by atoms with van der Waals surface area (Å²) in [5.74, 6) is 0.538. The Morgan fingerprint density at radius 1 is 1.25 bits per heavy atom. The fourth-order valence-electron chi connectivity index (χ4n) is 1.86. The summed E-state index contributed by atoms with van der Waals surface area (Å²) in [6.07, 6.45) is 1.71. The minimum atomic E-state index is -1.52. The average Bonchev–Trinajstić information content (AvgIpc) is 2.44. The zero-order valence-electron chi connectivity index (χ0n) is 11.2. The Morgan fingerprint density at radius 3 is 2.80 bits per heavy atom. The maximum Gasteiger partial charge on any atom is 0.488 e. The summed E-state index contributed by atoms with van der Waals surface area (Å²) in [5, 5.41) is 18.1. The number of benzene rings is 1. The zero-order chi connectivity index (χ0) is 14.5. The van der Waals surface area contributed by atoms with Crippen molar-refractivity contribution >= 4 is 12.6 Å². The summed E-state index contributed by atoms with van der Waals surface area (Å²) in [5.41, 5.74) is 1.03. The molecule has 0 saturated heterocycles. The maximum atomic E-state index is 11.8. The van der Waals surface area contributed by atoms with Gasteiger partial charge in [-0.25, -0.2) is 0 Å². The van der Waals surface area contributed by atoms with Crippen LogP contribution < -0.4 is 15.8 Å². The largest absolute Gasteiger partial charge is 0.492 e. The van der Waals surface area contributed by atoms with Crippen LogP contribution in [0.2, 0.25) is 0 Å². The summed E-state index contributed by atoms with van der Waals surface area (Å²) in [4.78, 5) is 11.8. The van der Waals surface area contributed by atoms with Crippen LogP contribution in [-0.4, -0.2) is 28.3 Å². The van der Waals surface area contributed by atoms with Gasteiger partial charge in [0.15, 0.2) is 0 Å². The van der Waals surface area contributed by atoms with Gasteiger partial charge < -0.3 is 19.4 Å². The van der Waals surface area contributed by atoms with E-state index in [1.807, 2.05) is 6.07 Å². The van der Waals surface area contributed by atoms with Gasteiger partial charge in [0.25, 0.3) is 5.56 Å². The first-order valence-corrected chi connectivity index (χ1v) is 6.33. The second-order valence-electron chi connectivity index (χ2n) is 4.48. The lowest BCUT2D eigenvalue weighted by atomic mass is 9.80. The molecule has 5 nitrogen and oxygen atoms in total. The highest BCUT2D eigenvalue weighted by atomic mass is 16.5. The molecule has 0 unspecified atom stereocenters. The van der Waals surface area contributed by atoms with E-state index in [2.05, 4.69) is 0 Å². The molecule has 0 amide bonds. The quantitative estimate of drug-likeness (QED) is 0.747. The molecule has 0 bridgehead atoms. The predicted octanol–water partition coefficient (Wildman–Crippen LogP) is -0.0845. The number of hydrogen-bond acceptors (Lipinski definition) is 4. The van der Waals surface area contributed by atoms with Crippen molar-refractivity contribution < 1.29 is 14.8 Å². The molecule has 0 spiro atoms. The van der Waals surface area contributed by atoms with Crippen LogP contribution >= 0.6 is 0 Å². The van der Waals surface area contributed by atoms with Crippen molar-refractivity contribution in [3.63, 3.8) is 0 Å². The van der Waals surface area contributed by atoms with Crippen molar-refractivity contribution in [1.29, 1.82) is 0 Å². The van der Waals surface area contributed by atoms with Crippen LogP contribution in [-0.2, 0) is 6.54 Å². The van der Waals surface area contributed by atoms with E-state index in [4.69, 9.17) is 14.8 Å². The molecule has 0 aliphatic rings. The van der Waals surface area contributed by atoms with Gasteiger partial charge in [-0.2, -0.15) is 0 Å². The van der Waals surface area contributed by atoms with Gasteiger partial charge in [-0.1, -0.05) is 18.2 Å². The lowest BCUT2D eigenvalue weighted by Gasteiger charge is -2.09. The maximum absolute atomic E-state index is 11.8. The molecule has 2 N–H and O–H groups in total. The van der Waals surface area contributed by atoms with Gasteiger partial charge in [0.2, 0.25) is 0 Å². The van der Waals surface area contributed by atoms with Crippen molar-refractivity contribution in [2.24, 2.45) is 0 Å². The topological polar surface area (TPSA) is 71.7 Å². The number of hydrogen-bond donors (Lipinski definition) is 2. The molecule has 1 aromatic heterocycles. The highest BCUT2D eigenvalue weighted by Crippen LogP contribution is 2.07. The van der Waals surface area contributed by atoms with E-state index in [1.54, 1.807) is 48.0 Å². The molecule has 0 atom stereocenters. The van der Waals surface area contributed by atoms with Gasteiger partial charge in [-0.05, 0) is 30.6 Å². The number of pyridine rings is 1. The Hall–Kier alpha value is -2.05. The van der Waals surface area contributed by atoms with Crippen molar-refractivity contribution in [2.75, 3.05) is 6.61 Å². The van der Waals surface area contributed by atoms with Crippen molar-refractivity contribution in [1.82, 2.24) is 4.57 Å². The lowest BCUT2D eigenvalue weighted by Crippen LogP contribution is -2.29. The van der Waals surface area contributed by atoms with E-state index in [0.29, 0.717) is 29.9 Å². The number of ether oxygens (including phenoxy) is 1. The number of rotatable bonds is 5. The molecular formula is C14H16BNO4. The van der Waals surface area contributed by atoms with Gasteiger partial charge >= 0.3 is 7.12 Å². The summed E-state index contributed by atoms with van der Waals surface area (Å²) in [6.45, 7) is 2.53. The molecule has 1 heterocycles. The minimum absolute atomic E-state index is 0.0318. The fraction of sp³-hybridized carbons (Fsp3) is 0.214. The third-order valence-corrected chi connectivity index (χ3v) is 2.97. The van der Waals surface area contributed by atoms with Crippen LogP contribution in [0.5, 0.6) is 5.75 Å². The SMILES string of the molecule is Cc1cccn(CCOc2cccc(B(O)O)c2)c1=O. The number of aryl methyl sites for hydroxylation is 1. The van der Waals surface area contributed by atoms with Gasteiger partial charge in [0.1, 0.15) is 12.4 Å². The average molecular weight is 273 g/mol. The monoisotopic (exact) mass is 273 g/mol. The first-order chi connectivity index (χ1) is 9.58. The van der Waals surface area contributed by atoms with Crippen molar-refractivity contribution in [3.05, 3.63) is 58.5 Å². The molecule has 2 rings (SSSR count). The second kappa shape index (κ2) is 6.41. The first-order valence-electron chi connectivity index (χ1n) is 6.33. The smallest absolute Gasteiger partial charge is 0.488 e.